The van der Waals surface area contributed by atoms with Gasteiger partial charge in [-0.25, -0.2) is 0 Å². The van der Waals surface area contributed by atoms with Crippen molar-refractivity contribution in [1.29, 1.82) is 0 Å². The second kappa shape index (κ2) is 5.92. The van der Waals surface area contributed by atoms with Crippen molar-refractivity contribution in [3.05, 3.63) is 63.8 Å². The molecule has 21 heavy (non-hydrogen) atoms. The summed E-state index contributed by atoms with van der Waals surface area (Å²) in [7, 11) is 0. The predicted octanol–water partition coefficient (Wildman–Crippen LogP) is 5.82. The predicted molar refractivity (Wildman–Crippen MR) is 90.7 cm³/mol. The number of allylic oxidation sites excluding steroid dienone is 1. The lowest BCUT2D eigenvalue weighted by molar-refractivity contribution is 1.12. The molecule has 3 aromatic rings. The third-order valence-electron chi connectivity index (χ3n) is 3.46. The monoisotopic (exact) mass is 316 g/mol. The first-order chi connectivity index (χ1) is 10.2. The summed E-state index contributed by atoms with van der Waals surface area (Å²) in [5, 5.41) is 9.43. The zero-order valence-electron chi connectivity index (χ0n) is 11.5. The minimum absolute atomic E-state index is 0.652. The zero-order valence-corrected chi connectivity index (χ0v) is 13.0. The summed E-state index contributed by atoms with van der Waals surface area (Å²) in [4.78, 5) is 0. The van der Waals surface area contributed by atoms with Crippen LogP contribution in [0.15, 0.2) is 42.6 Å². The highest BCUT2D eigenvalue weighted by atomic mass is 35.5. The van der Waals surface area contributed by atoms with E-state index >= 15 is 0 Å². The third-order valence-corrected chi connectivity index (χ3v) is 4.01. The van der Waals surface area contributed by atoms with Gasteiger partial charge in [-0.05, 0) is 47.4 Å². The Hall–Kier alpha value is -1.77. The molecule has 0 saturated carbocycles. The summed E-state index contributed by atoms with van der Waals surface area (Å²) >= 11 is 12.3. The molecule has 0 aliphatic rings. The number of aromatic nitrogens is 2. The molecule has 0 fully saturated rings. The molecule has 0 atom stereocenters. The third kappa shape index (κ3) is 2.97. The van der Waals surface area contributed by atoms with Crippen LogP contribution in [-0.2, 0) is 0 Å². The van der Waals surface area contributed by atoms with Crippen molar-refractivity contribution < 1.29 is 0 Å². The van der Waals surface area contributed by atoms with Crippen LogP contribution in [0.25, 0.3) is 22.6 Å². The van der Waals surface area contributed by atoms with Crippen LogP contribution in [0, 0.1) is 0 Å². The van der Waals surface area contributed by atoms with Crippen LogP contribution in [0.2, 0.25) is 10.0 Å². The van der Waals surface area contributed by atoms with E-state index in [9.17, 15) is 0 Å². The van der Waals surface area contributed by atoms with Crippen LogP contribution in [-0.4, -0.2) is 10.2 Å². The summed E-state index contributed by atoms with van der Waals surface area (Å²) in [5.41, 5.74) is 4.37. The van der Waals surface area contributed by atoms with E-state index in [-0.39, 0.29) is 0 Å². The van der Waals surface area contributed by atoms with E-state index < -0.39 is 0 Å². The minimum atomic E-state index is 0.652. The standard InChI is InChI=1S/C17H14Cl2N2/c1-2-12(15-5-4-14(18)9-16(15)19)7-11-3-6-17-13(8-11)10-20-21-17/h3-10H,2H2,1H3,(H,20,21)/b12-7+. The summed E-state index contributed by atoms with van der Waals surface area (Å²) in [6, 6.07) is 11.8. The van der Waals surface area contributed by atoms with Gasteiger partial charge in [0.25, 0.3) is 0 Å². The van der Waals surface area contributed by atoms with Gasteiger partial charge in [0.1, 0.15) is 0 Å². The largest absolute Gasteiger partial charge is 0.278 e. The average Bonchev–Trinajstić information content (AvgIpc) is 2.93. The Morgan fingerprint density at radius 3 is 2.81 bits per heavy atom. The van der Waals surface area contributed by atoms with Crippen molar-refractivity contribution in [1.82, 2.24) is 10.2 Å². The summed E-state index contributed by atoms with van der Waals surface area (Å²) in [5.74, 6) is 0. The Kier molecular flexibility index (Phi) is 4.00. The van der Waals surface area contributed by atoms with E-state index in [0.717, 1.165) is 28.5 Å². The summed E-state index contributed by atoms with van der Waals surface area (Å²) in [6.07, 6.45) is 4.87. The molecular weight excluding hydrogens is 303 g/mol. The molecule has 3 rings (SSSR count). The fourth-order valence-electron chi connectivity index (χ4n) is 2.37. The van der Waals surface area contributed by atoms with Crippen molar-refractivity contribution in [2.45, 2.75) is 13.3 Å². The van der Waals surface area contributed by atoms with Crippen molar-refractivity contribution in [2.75, 3.05) is 0 Å². The minimum Gasteiger partial charge on any atom is -0.278 e. The number of nitrogens with one attached hydrogen (secondary N) is 1. The van der Waals surface area contributed by atoms with Gasteiger partial charge in [-0.15, -0.1) is 0 Å². The lowest BCUT2D eigenvalue weighted by Gasteiger charge is -2.08. The van der Waals surface area contributed by atoms with Crippen LogP contribution in [0.5, 0.6) is 0 Å². The number of H-pyrrole nitrogens is 1. The van der Waals surface area contributed by atoms with Gasteiger partial charge in [-0.1, -0.05) is 48.3 Å². The van der Waals surface area contributed by atoms with Gasteiger partial charge in [0.15, 0.2) is 0 Å². The zero-order chi connectivity index (χ0) is 14.8. The molecule has 0 amide bonds. The van der Waals surface area contributed by atoms with Gasteiger partial charge in [0.2, 0.25) is 0 Å². The maximum Gasteiger partial charge on any atom is 0.0650 e. The molecule has 0 spiro atoms. The molecule has 0 aliphatic heterocycles. The number of benzene rings is 2. The van der Waals surface area contributed by atoms with Gasteiger partial charge in [0, 0.05) is 15.4 Å². The topological polar surface area (TPSA) is 28.7 Å². The fourth-order valence-corrected chi connectivity index (χ4v) is 2.90. The fraction of sp³-hybridized carbons (Fsp3) is 0.118. The van der Waals surface area contributed by atoms with Crippen LogP contribution in [0.4, 0.5) is 0 Å². The molecule has 1 aromatic heterocycles. The number of aromatic amines is 1. The van der Waals surface area contributed by atoms with Crippen molar-refractivity contribution >= 4 is 45.8 Å². The van der Waals surface area contributed by atoms with E-state index in [2.05, 4.69) is 35.3 Å². The first kappa shape index (κ1) is 14.2. The number of hydrogen-bond donors (Lipinski definition) is 1. The molecule has 0 saturated heterocycles. The average molecular weight is 317 g/mol. The highest BCUT2D eigenvalue weighted by Crippen LogP contribution is 2.30. The number of fused-ring (bicyclic) bond motifs is 1. The first-order valence-corrected chi connectivity index (χ1v) is 7.52. The highest BCUT2D eigenvalue weighted by Gasteiger charge is 2.06. The van der Waals surface area contributed by atoms with E-state index in [1.54, 1.807) is 6.07 Å². The molecule has 4 heteroatoms. The molecule has 2 aromatic carbocycles. The molecule has 0 bridgehead atoms. The Morgan fingerprint density at radius 2 is 2.05 bits per heavy atom. The van der Waals surface area contributed by atoms with E-state index in [4.69, 9.17) is 23.2 Å². The second-order valence-corrected chi connectivity index (χ2v) is 5.71. The van der Waals surface area contributed by atoms with E-state index in [0.29, 0.717) is 10.0 Å². The quantitative estimate of drug-likeness (QED) is 0.606. The highest BCUT2D eigenvalue weighted by molar-refractivity contribution is 6.35. The summed E-state index contributed by atoms with van der Waals surface area (Å²) < 4.78 is 0. The molecule has 0 aliphatic carbocycles. The Balaban J connectivity index is 2.05. The van der Waals surface area contributed by atoms with Crippen molar-refractivity contribution in [3.8, 4) is 0 Å². The number of nitrogens with zero attached hydrogens (tertiary/aromatic N) is 1. The van der Waals surface area contributed by atoms with Crippen LogP contribution < -0.4 is 0 Å². The van der Waals surface area contributed by atoms with Crippen molar-refractivity contribution in [3.63, 3.8) is 0 Å². The van der Waals surface area contributed by atoms with Gasteiger partial charge in [-0.2, -0.15) is 5.10 Å². The number of hydrogen-bond acceptors (Lipinski definition) is 1. The van der Waals surface area contributed by atoms with Gasteiger partial charge >= 0.3 is 0 Å². The molecule has 106 valence electrons. The Bertz CT molecular complexity index is 819. The molecule has 1 N–H and O–H groups in total. The SMILES string of the molecule is CC/C(=C\c1ccc2[nH]ncc2c1)c1ccc(Cl)cc1Cl. The molecule has 2 nitrogen and oxygen atoms in total. The summed E-state index contributed by atoms with van der Waals surface area (Å²) in [6.45, 7) is 2.12. The van der Waals surface area contributed by atoms with Crippen LogP contribution >= 0.6 is 23.2 Å². The lowest BCUT2D eigenvalue weighted by Crippen LogP contribution is -1.86. The van der Waals surface area contributed by atoms with Gasteiger partial charge in [0.05, 0.1) is 11.7 Å². The molecule has 0 radical (unpaired) electrons. The first-order valence-electron chi connectivity index (χ1n) is 6.76. The van der Waals surface area contributed by atoms with E-state index in [1.807, 2.05) is 24.4 Å². The number of rotatable bonds is 3. The van der Waals surface area contributed by atoms with Gasteiger partial charge in [-0.3, -0.25) is 5.10 Å². The smallest absolute Gasteiger partial charge is 0.0650 e. The Morgan fingerprint density at radius 1 is 1.19 bits per heavy atom. The normalized spacial score (nSPS) is 12.0. The lowest BCUT2D eigenvalue weighted by atomic mass is 10.00. The van der Waals surface area contributed by atoms with Crippen LogP contribution in [0.3, 0.4) is 0 Å². The molecular formula is C17H14Cl2N2. The van der Waals surface area contributed by atoms with Crippen LogP contribution in [0.1, 0.15) is 24.5 Å². The number of halogens is 2. The maximum absolute atomic E-state index is 6.31. The maximum atomic E-state index is 6.31. The Labute approximate surface area is 133 Å². The molecule has 0 unspecified atom stereocenters. The molecule has 1 heterocycles. The second-order valence-electron chi connectivity index (χ2n) is 4.86. The van der Waals surface area contributed by atoms with E-state index in [1.165, 1.54) is 5.57 Å². The van der Waals surface area contributed by atoms with Gasteiger partial charge < -0.3 is 0 Å². The van der Waals surface area contributed by atoms with Crippen molar-refractivity contribution in [2.24, 2.45) is 0 Å².